The predicted molar refractivity (Wildman–Crippen MR) is 109 cm³/mol. The van der Waals surface area contributed by atoms with Gasteiger partial charge < -0.3 is 15.4 Å². The highest BCUT2D eigenvalue weighted by atomic mass is 32.1. The van der Waals surface area contributed by atoms with Gasteiger partial charge in [-0.25, -0.2) is 19.0 Å². The molecule has 0 aliphatic heterocycles. The quantitative estimate of drug-likeness (QED) is 0.674. The van der Waals surface area contributed by atoms with E-state index in [1.807, 2.05) is 13.8 Å². The third-order valence-electron chi connectivity index (χ3n) is 3.50. The van der Waals surface area contributed by atoms with E-state index < -0.39 is 23.5 Å². The van der Waals surface area contributed by atoms with E-state index in [1.165, 1.54) is 12.1 Å². The Labute approximate surface area is 167 Å². The van der Waals surface area contributed by atoms with Crippen LogP contribution in [0.15, 0.2) is 18.2 Å². The van der Waals surface area contributed by atoms with Crippen molar-refractivity contribution >= 4 is 34.8 Å². The van der Waals surface area contributed by atoms with Crippen LogP contribution < -0.4 is 16.0 Å². The van der Waals surface area contributed by atoms with Gasteiger partial charge in [-0.15, -0.1) is 11.3 Å². The monoisotopic (exact) mass is 408 g/mol. The smallest absolute Gasteiger partial charge is 0.412 e. The summed E-state index contributed by atoms with van der Waals surface area (Å²) in [4.78, 5) is 29.4. The Morgan fingerprint density at radius 1 is 1.21 bits per heavy atom. The molecule has 7 nitrogen and oxygen atoms in total. The van der Waals surface area contributed by atoms with Gasteiger partial charge in [0.2, 0.25) is 0 Å². The molecular formula is C19H25FN4O3S. The minimum atomic E-state index is -0.775. The molecule has 9 heteroatoms. The first kappa shape index (κ1) is 21.6. The van der Waals surface area contributed by atoms with Gasteiger partial charge in [0.05, 0.1) is 16.4 Å². The fourth-order valence-corrected chi connectivity index (χ4v) is 3.32. The zero-order valence-electron chi connectivity index (χ0n) is 16.6. The van der Waals surface area contributed by atoms with Crippen LogP contribution in [0.3, 0.4) is 0 Å². The molecule has 2 rings (SSSR count). The van der Waals surface area contributed by atoms with Crippen LogP contribution in [-0.4, -0.2) is 29.3 Å². The molecule has 0 radical (unpaired) electrons. The second-order valence-electron chi connectivity index (χ2n) is 7.19. The number of aromatic nitrogens is 1. The Hall–Kier alpha value is -2.68. The number of carbonyl (C=O) groups is 2. The fraction of sp³-hybridized carbons (Fsp3) is 0.421. The maximum absolute atomic E-state index is 13.9. The average Bonchev–Trinajstić information content (AvgIpc) is 2.86. The maximum atomic E-state index is 13.9. The standard InChI is InChI=1S/C19H25FN4O3S/c1-11-16(28-12(2)22-11)8-9-21-17(25)23-13-6-7-14(20)15(10-13)24-18(26)27-19(3,4)5/h6-7,10H,8-9H2,1-5H3,(H,24,26)(H2,21,23,25). The Balaban J connectivity index is 1.90. The van der Waals surface area contributed by atoms with Gasteiger partial charge in [-0.2, -0.15) is 0 Å². The molecule has 0 aliphatic rings. The average molecular weight is 408 g/mol. The lowest BCUT2D eigenvalue weighted by Crippen LogP contribution is -2.30. The summed E-state index contributed by atoms with van der Waals surface area (Å²) in [6.45, 7) is 9.45. The minimum absolute atomic E-state index is 0.0807. The molecule has 28 heavy (non-hydrogen) atoms. The molecular weight excluding hydrogens is 383 g/mol. The number of hydrogen-bond donors (Lipinski definition) is 3. The highest BCUT2D eigenvalue weighted by Crippen LogP contribution is 2.21. The van der Waals surface area contributed by atoms with Crippen LogP contribution in [0.5, 0.6) is 0 Å². The summed E-state index contributed by atoms with van der Waals surface area (Å²) in [6, 6.07) is 3.47. The number of nitrogens with zero attached hydrogens (tertiary/aromatic N) is 1. The number of urea groups is 1. The summed E-state index contributed by atoms with van der Waals surface area (Å²) >= 11 is 1.61. The summed E-state index contributed by atoms with van der Waals surface area (Å²) < 4.78 is 19.0. The van der Waals surface area contributed by atoms with Crippen molar-refractivity contribution in [2.24, 2.45) is 0 Å². The van der Waals surface area contributed by atoms with Crippen molar-refractivity contribution in [1.29, 1.82) is 0 Å². The van der Waals surface area contributed by atoms with E-state index in [0.29, 0.717) is 18.7 Å². The third-order valence-corrected chi connectivity index (χ3v) is 4.63. The highest BCUT2D eigenvalue weighted by Gasteiger charge is 2.17. The van der Waals surface area contributed by atoms with Crippen molar-refractivity contribution in [1.82, 2.24) is 10.3 Å². The van der Waals surface area contributed by atoms with E-state index >= 15 is 0 Å². The van der Waals surface area contributed by atoms with Crippen LogP contribution in [-0.2, 0) is 11.2 Å². The van der Waals surface area contributed by atoms with Crippen molar-refractivity contribution in [3.8, 4) is 0 Å². The summed E-state index contributed by atoms with van der Waals surface area (Å²) in [5.41, 5.74) is 0.532. The van der Waals surface area contributed by atoms with E-state index in [-0.39, 0.29) is 5.69 Å². The number of carbonyl (C=O) groups excluding carboxylic acids is 2. The molecule has 3 amide bonds. The minimum Gasteiger partial charge on any atom is -0.444 e. The lowest BCUT2D eigenvalue weighted by Gasteiger charge is -2.20. The van der Waals surface area contributed by atoms with Crippen molar-refractivity contribution in [2.45, 2.75) is 46.6 Å². The Morgan fingerprint density at radius 3 is 2.54 bits per heavy atom. The molecule has 0 saturated heterocycles. The highest BCUT2D eigenvalue weighted by molar-refractivity contribution is 7.11. The van der Waals surface area contributed by atoms with Crippen LogP contribution in [0.4, 0.5) is 25.4 Å². The SMILES string of the molecule is Cc1nc(C)c(CCNC(=O)Nc2ccc(F)c(NC(=O)OC(C)(C)C)c2)s1. The molecule has 3 N–H and O–H groups in total. The number of aryl methyl sites for hydroxylation is 2. The number of benzene rings is 1. The zero-order chi connectivity index (χ0) is 20.9. The topological polar surface area (TPSA) is 92.4 Å². The number of nitrogens with one attached hydrogen (secondary N) is 3. The van der Waals surface area contributed by atoms with Crippen LogP contribution in [0.2, 0.25) is 0 Å². The van der Waals surface area contributed by atoms with Gasteiger partial charge in [-0.05, 0) is 52.8 Å². The lowest BCUT2D eigenvalue weighted by atomic mass is 10.2. The van der Waals surface area contributed by atoms with E-state index in [1.54, 1.807) is 32.1 Å². The Bertz CT molecular complexity index is 861. The first-order valence-electron chi connectivity index (χ1n) is 8.81. The van der Waals surface area contributed by atoms with E-state index in [9.17, 15) is 14.0 Å². The molecule has 0 spiro atoms. The fourth-order valence-electron chi connectivity index (χ4n) is 2.38. The van der Waals surface area contributed by atoms with Gasteiger partial charge in [0, 0.05) is 23.5 Å². The summed E-state index contributed by atoms with van der Waals surface area (Å²) in [5.74, 6) is -0.632. The molecule has 0 saturated carbocycles. The number of amides is 3. The number of ether oxygens (including phenoxy) is 1. The maximum Gasteiger partial charge on any atom is 0.412 e. The summed E-state index contributed by atoms with van der Waals surface area (Å²) in [6.07, 6.45) is -0.0946. The number of anilines is 2. The number of thiazole rings is 1. The molecule has 0 atom stereocenters. The Morgan fingerprint density at radius 2 is 1.93 bits per heavy atom. The van der Waals surface area contributed by atoms with Gasteiger partial charge in [0.15, 0.2) is 0 Å². The van der Waals surface area contributed by atoms with Gasteiger partial charge in [0.1, 0.15) is 11.4 Å². The zero-order valence-corrected chi connectivity index (χ0v) is 17.4. The van der Waals surface area contributed by atoms with Gasteiger partial charge in [0.25, 0.3) is 0 Å². The molecule has 1 aromatic carbocycles. The first-order chi connectivity index (χ1) is 13.0. The normalized spacial score (nSPS) is 11.1. The molecule has 1 aromatic heterocycles. The van der Waals surface area contributed by atoms with Crippen LogP contribution >= 0.6 is 11.3 Å². The van der Waals surface area contributed by atoms with Gasteiger partial charge >= 0.3 is 12.1 Å². The third kappa shape index (κ3) is 6.80. The number of hydrogen-bond acceptors (Lipinski definition) is 5. The molecule has 0 aliphatic carbocycles. The summed E-state index contributed by atoms with van der Waals surface area (Å²) in [7, 11) is 0. The van der Waals surface area contributed by atoms with E-state index in [2.05, 4.69) is 20.9 Å². The number of halogens is 1. The van der Waals surface area contributed by atoms with Gasteiger partial charge in [-0.3, -0.25) is 5.32 Å². The number of rotatable bonds is 5. The van der Waals surface area contributed by atoms with Crippen molar-refractivity contribution in [3.63, 3.8) is 0 Å². The van der Waals surface area contributed by atoms with Crippen LogP contribution in [0.25, 0.3) is 0 Å². The Kier molecular flexibility index (Phi) is 6.95. The predicted octanol–water partition coefficient (Wildman–Crippen LogP) is 4.61. The van der Waals surface area contributed by atoms with Crippen molar-refractivity contribution < 1.29 is 18.7 Å². The first-order valence-corrected chi connectivity index (χ1v) is 9.62. The van der Waals surface area contributed by atoms with Crippen molar-refractivity contribution in [3.05, 3.63) is 39.6 Å². The second kappa shape index (κ2) is 9.01. The molecule has 1 heterocycles. The molecule has 2 aromatic rings. The van der Waals surface area contributed by atoms with Gasteiger partial charge in [-0.1, -0.05) is 0 Å². The van der Waals surface area contributed by atoms with Crippen LogP contribution in [0.1, 0.15) is 36.3 Å². The second-order valence-corrected chi connectivity index (χ2v) is 8.48. The lowest BCUT2D eigenvalue weighted by molar-refractivity contribution is 0.0635. The molecule has 0 unspecified atom stereocenters. The molecule has 0 fully saturated rings. The molecule has 0 bridgehead atoms. The van der Waals surface area contributed by atoms with E-state index in [0.717, 1.165) is 21.6 Å². The van der Waals surface area contributed by atoms with E-state index in [4.69, 9.17) is 4.74 Å². The largest absolute Gasteiger partial charge is 0.444 e. The van der Waals surface area contributed by atoms with Crippen molar-refractivity contribution in [2.75, 3.05) is 17.2 Å². The molecule has 152 valence electrons. The van der Waals surface area contributed by atoms with Crippen LogP contribution in [0, 0.1) is 19.7 Å². The summed E-state index contributed by atoms with van der Waals surface area (Å²) in [5, 5.41) is 8.70.